The molecule has 1 aromatic heterocycles. The van der Waals surface area contributed by atoms with Crippen LogP contribution in [0.5, 0.6) is 5.75 Å². The number of fused-ring (bicyclic) bond motifs is 1. The van der Waals surface area contributed by atoms with Gasteiger partial charge in [0, 0.05) is 37.9 Å². The first kappa shape index (κ1) is 21.7. The molecule has 0 bridgehead atoms. The summed E-state index contributed by atoms with van der Waals surface area (Å²) in [5.41, 5.74) is 8.96. The Bertz CT molecular complexity index is 1150. The normalized spacial score (nSPS) is 19.7. The van der Waals surface area contributed by atoms with Crippen LogP contribution < -0.4 is 4.74 Å². The van der Waals surface area contributed by atoms with Gasteiger partial charge < -0.3 is 9.84 Å². The van der Waals surface area contributed by atoms with Gasteiger partial charge in [-0.05, 0) is 89.9 Å². The lowest BCUT2D eigenvalue weighted by atomic mass is 9.79. The van der Waals surface area contributed by atoms with Gasteiger partial charge in [-0.1, -0.05) is 18.2 Å². The number of aryl methyl sites for hydroxylation is 2. The van der Waals surface area contributed by atoms with E-state index in [1.807, 2.05) is 12.4 Å². The van der Waals surface area contributed by atoms with E-state index in [9.17, 15) is 4.79 Å². The number of carboxylic acid groups (broad SMARTS) is 1. The van der Waals surface area contributed by atoms with E-state index in [4.69, 9.17) is 9.84 Å². The number of aromatic nitrogens is 1. The molecular weight excluding hydrogens is 412 g/mol. The summed E-state index contributed by atoms with van der Waals surface area (Å²) < 4.78 is 6.11. The lowest BCUT2D eigenvalue weighted by Gasteiger charge is -2.39. The Hall–Kier alpha value is -3.18. The van der Waals surface area contributed by atoms with Crippen molar-refractivity contribution in [2.45, 2.75) is 52.2 Å². The largest absolute Gasteiger partial charge is 0.493 e. The van der Waals surface area contributed by atoms with Gasteiger partial charge in [-0.3, -0.25) is 14.7 Å². The molecule has 1 N–H and O–H groups in total. The number of benzene rings is 2. The van der Waals surface area contributed by atoms with Gasteiger partial charge >= 0.3 is 5.97 Å². The van der Waals surface area contributed by atoms with Gasteiger partial charge in [0.15, 0.2) is 0 Å². The van der Waals surface area contributed by atoms with Crippen molar-refractivity contribution < 1.29 is 14.6 Å². The maximum Gasteiger partial charge on any atom is 0.306 e. The molecule has 2 aliphatic rings. The summed E-state index contributed by atoms with van der Waals surface area (Å²) in [7, 11) is 0. The van der Waals surface area contributed by atoms with Crippen LogP contribution in [0.25, 0.3) is 11.1 Å². The SMILES string of the molecule is Cc1cc(CCOc2ccc3c(c2)CN(C2CC(C(=O)O)C2)C3)cc(C)c1-c1ccncc1. The molecule has 0 amide bonds. The van der Waals surface area contributed by atoms with E-state index in [1.165, 1.54) is 38.9 Å². The molecule has 170 valence electrons. The molecular formula is C28H30N2O3. The van der Waals surface area contributed by atoms with E-state index in [1.54, 1.807) is 0 Å². The lowest BCUT2D eigenvalue weighted by molar-refractivity contribution is -0.147. The molecule has 1 aliphatic carbocycles. The van der Waals surface area contributed by atoms with Crippen LogP contribution in [0, 0.1) is 19.8 Å². The van der Waals surface area contributed by atoms with E-state index in [2.05, 4.69) is 66.2 Å². The third-order valence-corrected chi connectivity index (χ3v) is 7.12. The molecule has 2 heterocycles. The highest BCUT2D eigenvalue weighted by Gasteiger charge is 2.39. The second-order valence-electron chi connectivity index (χ2n) is 9.43. The number of nitrogens with zero attached hydrogens (tertiary/aromatic N) is 2. The minimum Gasteiger partial charge on any atom is -0.493 e. The van der Waals surface area contributed by atoms with Crippen LogP contribution >= 0.6 is 0 Å². The Kier molecular flexibility index (Phi) is 5.90. The van der Waals surface area contributed by atoms with Crippen LogP contribution in [0.1, 0.15) is 40.7 Å². The highest BCUT2D eigenvalue weighted by molar-refractivity contribution is 5.71. The smallest absolute Gasteiger partial charge is 0.306 e. The predicted octanol–water partition coefficient (Wildman–Crippen LogP) is 5.17. The molecule has 2 aromatic carbocycles. The Labute approximate surface area is 195 Å². The summed E-state index contributed by atoms with van der Waals surface area (Å²) in [4.78, 5) is 17.6. The second-order valence-corrected chi connectivity index (χ2v) is 9.43. The Balaban J connectivity index is 1.18. The van der Waals surface area contributed by atoms with E-state index >= 15 is 0 Å². The van der Waals surface area contributed by atoms with E-state index in [0.717, 1.165) is 38.1 Å². The Morgan fingerprint density at radius 3 is 2.42 bits per heavy atom. The molecule has 1 aliphatic heterocycles. The van der Waals surface area contributed by atoms with Crippen LogP contribution in [-0.4, -0.2) is 33.6 Å². The van der Waals surface area contributed by atoms with Gasteiger partial charge in [0.25, 0.3) is 0 Å². The third-order valence-electron chi connectivity index (χ3n) is 7.12. The molecule has 5 heteroatoms. The van der Waals surface area contributed by atoms with Crippen LogP contribution in [0.3, 0.4) is 0 Å². The fraction of sp³-hybridized carbons (Fsp3) is 0.357. The van der Waals surface area contributed by atoms with Gasteiger partial charge in [0.2, 0.25) is 0 Å². The maximum atomic E-state index is 11.1. The zero-order valence-corrected chi connectivity index (χ0v) is 19.3. The van der Waals surface area contributed by atoms with Crippen molar-refractivity contribution in [3.63, 3.8) is 0 Å². The zero-order valence-electron chi connectivity index (χ0n) is 19.3. The summed E-state index contributed by atoms with van der Waals surface area (Å²) in [6, 6.07) is 15.4. The van der Waals surface area contributed by atoms with E-state index in [-0.39, 0.29) is 5.92 Å². The second kappa shape index (κ2) is 8.99. The van der Waals surface area contributed by atoms with Gasteiger partial charge in [-0.2, -0.15) is 0 Å². The molecule has 1 saturated carbocycles. The van der Waals surface area contributed by atoms with Crippen molar-refractivity contribution in [3.05, 3.63) is 82.7 Å². The fourth-order valence-corrected chi connectivity index (χ4v) is 5.29. The molecule has 0 saturated heterocycles. The molecule has 1 fully saturated rings. The Morgan fingerprint density at radius 2 is 1.73 bits per heavy atom. The quantitative estimate of drug-likeness (QED) is 0.547. The standard InChI is InChI=1S/C28H30N2O3/c1-18-11-20(12-19(2)27(18)21-5-8-29-9-6-21)7-10-33-26-4-3-22-16-30(17-24(22)15-26)25-13-23(14-25)28(31)32/h3-6,8-9,11-12,15,23,25H,7,10,13-14,16-17H2,1-2H3,(H,31,32). The van der Waals surface area contributed by atoms with Crippen LogP contribution in [0.2, 0.25) is 0 Å². The first-order valence-corrected chi connectivity index (χ1v) is 11.7. The molecule has 0 radical (unpaired) electrons. The van der Waals surface area contributed by atoms with Crippen molar-refractivity contribution >= 4 is 5.97 Å². The first-order chi connectivity index (χ1) is 16.0. The topological polar surface area (TPSA) is 62.7 Å². The van der Waals surface area contributed by atoms with Crippen molar-refractivity contribution in [3.8, 4) is 16.9 Å². The first-order valence-electron chi connectivity index (χ1n) is 11.7. The number of hydrogen-bond acceptors (Lipinski definition) is 4. The summed E-state index contributed by atoms with van der Waals surface area (Å²) in [6.45, 7) is 6.77. The minimum absolute atomic E-state index is 0.163. The number of hydrogen-bond donors (Lipinski definition) is 1. The molecule has 5 rings (SSSR count). The number of pyridine rings is 1. The van der Waals surface area contributed by atoms with Crippen molar-refractivity contribution in [2.75, 3.05) is 6.61 Å². The number of ether oxygens (including phenoxy) is 1. The summed E-state index contributed by atoms with van der Waals surface area (Å²) in [6.07, 6.45) is 6.08. The molecule has 0 atom stereocenters. The summed E-state index contributed by atoms with van der Waals surface area (Å²) in [5.74, 6) is 0.0918. The van der Waals surface area contributed by atoms with Crippen LogP contribution in [-0.2, 0) is 24.3 Å². The van der Waals surface area contributed by atoms with Gasteiger partial charge in [-0.15, -0.1) is 0 Å². The van der Waals surface area contributed by atoms with Gasteiger partial charge in [-0.25, -0.2) is 0 Å². The Morgan fingerprint density at radius 1 is 1.03 bits per heavy atom. The lowest BCUT2D eigenvalue weighted by Crippen LogP contribution is -2.44. The van der Waals surface area contributed by atoms with Crippen molar-refractivity contribution in [1.82, 2.24) is 9.88 Å². The van der Waals surface area contributed by atoms with Crippen LogP contribution in [0.15, 0.2) is 54.9 Å². The van der Waals surface area contributed by atoms with E-state index in [0.29, 0.717) is 12.6 Å². The zero-order chi connectivity index (χ0) is 22.9. The molecule has 0 spiro atoms. The highest BCUT2D eigenvalue weighted by atomic mass is 16.5. The molecule has 0 unspecified atom stereocenters. The van der Waals surface area contributed by atoms with E-state index < -0.39 is 5.97 Å². The molecule has 3 aromatic rings. The minimum atomic E-state index is -0.656. The van der Waals surface area contributed by atoms with Crippen molar-refractivity contribution in [2.24, 2.45) is 5.92 Å². The summed E-state index contributed by atoms with van der Waals surface area (Å²) >= 11 is 0. The summed E-state index contributed by atoms with van der Waals surface area (Å²) in [5, 5.41) is 9.13. The number of carbonyl (C=O) groups is 1. The van der Waals surface area contributed by atoms with Gasteiger partial charge in [0.1, 0.15) is 5.75 Å². The molecule has 5 nitrogen and oxygen atoms in total. The predicted molar refractivity (Wildman–Crippen MR) is 128 cm³/mol. The third kappa shape index (κ3) is 4.51. The fourth-order valence-electron chi connectivity index (χ4n) is 5.29. The number of aliphatic carboxylic acids is 1. The highest BCUT2D eigenvalue weighted by Crippen LogP contribution is 2.37. The van der Waals surface area contributed by atoms with Gasteiger partial charge in [0.05, 0.1) is 12.5 Å². The maximum absolute atomic E-state index is 11.1. The molecule has 33 heavy (non-hydrogen) atoms. The number of carboxylic acids is 1. The van der Waals surface area contributed by atoms with Crippen molar-refractivity contribution in [1.29, 1.82) is 0 Å². The average Bonchev–Trinajstić information content (AvgIpc) is 3.15. The van der Waals surface area contributed by atoms with Crippen LogP contribution in [0.4, 0.5) is 0 Å². The average molecular weight is 443 g/mol. The number of rotatable bonds is 7. The monoisotopic (exact) mass is 442 g/mol.